The van der Waals surface area contributed by atoms with Crippen LogP contribution < -0.4 is 16.4 Å². The van der Waals surface area contributed by atoms with Gasteiger partial charge in [0.15, 0.2) is 0 Å². The van der Waals surface area contributed by atoms with Gasteiger partial charge in [0.2, 0.25) is 5.91 Å². The lowest BCUT2D eigenvalue weighted by molar-refractivity contribution is 0.1000. The third-order valence-electron chi connectivity index (χ3n) is 3.17. The molecule has 0 spiro atoms. The van der Waals surface area contributed by atoms with E-state index < -0.39 is 5.91 Å². The number of pyridine rings is 1. The van der Waals surface area contributed by atoms with Gasteiger partial charge in [-0.05, 0) is 37.9 Å². The topological polar surface area (TPSA) is 85.2 Å². The standard InChI is InChI=1S/C12H18N4O/c1-8-4-10(12(14)17)5-11(15-8)16-3-2-9(6-13)7-16/h4-5,9H,2-3,6-7,13H2,1H3,(H2,14,17). The zero-order chi connectivity index (χ0) is 12.4. The summed E-state index contributed by atoms with van der Waals surface area (Å²) < 4.78 is 0. The smallest absolute Gasteiger partial charge is 0.248 e. The van der Waals surface area contributed by atoms with Crippen LogP contribution in [0.25, 0.3) is 0 Å². The first kappa shape index (κ1) is 11.9. The Labute approximate surface area is 101 Å². The molecule has 2 rings (SSSR count). The molecule has 1 aromatic heterocycles. The Morgan fingerprint density at radius 2 is 2.35 bits per heavy atom. The molecule has 17 heavy (non-hydrogen) atoms. The third kappa shape index (κ3) is 2.55. The van der Waals surface area contributed by atoms with E-state index in [1.54, 1.807) is 12.1 Å². The number of nitrogens with two attached hydrogens (primary N) is 2. The number of carbonyl (C=O) groups excluding carboxylic acids is 1. The van der Waals surface area contributed by atoms with Crippen molar-refractivity contribution in [1.29, 1.82) is 0 Å². The summed E-state index contributed by atoms with van der Waals surface area (Å²) in [6, 6.07) is 3.47. The zero-order valence-electron chi connectivity index (χ0n) is 10.0. The van der Waals surface area contributed by atoms with E-state index in [4.69, 9.17) is 11.5 Å². The maximum absolute atomic E-state index is 11.2. The molecule has 1 aromatic rings. The summed E-state index contributed by atoms with van der Waals surface area (Å²) >= 11 is 0. The lowest BCUT2D eigenvalue weighted by Gasteiger charge is -2.18. The molecule has 0 aromatic carbocycles. The van der Waals surface area contributed by atoms with Gasteiger partial charge in [-0.1, -0.05) is 0 Å². The van der Waals surface area contributed by atoms with Gasteiger partial charge in [0, 0.05) is 24.3 Å². The van der Waals surface area contributed by atoms with Gasteiger partial charge in [-0.15, -0.1) is 0 Å². The van der Waals surface area contributed by atoms with Crippen molar-refractivity contribution in [2.75, 3.05) is 24.5 Å². The van der Waals surface area contributed by atoms with Crippen LogP contribution in [0.5, 0.6) is 0 Å². The average molecular weight is 234 g/mol. The molecule has 1 unspecified atom stereocenters. The van der Waals surface area contributed by atoms with E-state index >= 15 is 0 Å². The maximum Gasteiger partial charge on any atom is 0.248 e. The first-order chi connectivity index (χ1) is 8.10. The van der Waals surface area contributed by atoms with Gasteiger partial charge < -0.3 is 16.4 Å². The van der Waals surface area contributed by atoms with E-state index in [-0.39, 0.29) is 0 Å². The van der Waals surface area contributed by atoms with E-state index in [1.807, 2.05) is 6.92 Å². The van der Waals surface area contributed by atoms with E-state index in [0.29, 0.717) is 18.0 Å². The van der Waals surface area contributed by atoms with Crippen molar-refractivity contribution in [3.63, 3.8) is 0 Å². The number of aryl methyl sites for hydroxylation is 1. The van der Waals surface area contributed by atoms with E-state index in [0.717, 1.165) is 31.0 Å². The molecular formula is C12H18N4O. The monoisotopic (exact) mass is 234 g/mol. The summed E-state index contributed by atoms with van der Waals surface area (Å²) in [6.45, 7) is 4.42. The molecule has 1 amide bonds. The fraction of sp³-hybridized carbons (Fsp3) is 0.500. The van der Waals surface area contributed by atoms with Crippen LogP contribution in [0.4, 0.5) is 5.82 Å². The van der Waals surface area contributed by atoms with Crippen molar-refractivity contribution >= 4 is 11.7 Å². The highest BCUT2D eigenvalue weighted by molar-refractivity contribution is 5.93. The summed E-state index contributed by atoms with van der Waals surface area (Å²) in [4.78, 5) is 17.8. The Morgan fingerprint density at radius 3 is 2.94 bits per heavy atom. The van der Waals surface area contributed by atoms with Gasteiger partial charge in [0.1, 0.15) is 5.82 Å². The number of aromatic nitrogens is 1. The zero-order valence-corrected chi connectivity index (χ0v) is 10.0. The van der Waals surface area contributed by atoms with E-state index in [2.05, 4.69) is 9.88 Å². The predicted octanol–water partition coefficient (Wildman–Crippen LogP) is 0.274. The van der Waals surface area contributed by atoms with Gasteiger partial charge in [0.25, 0.3) is 0 Å². The Bertz CT molecular complexity index is 433. The van der Waals surface area contributed by atoms with Gasteiger partial charge >= 0.3 is 0 Å². The highest BCUT2D eigenvalue weighted by atomic mass is 16.1. The molecule has 0 bridgehead atoms. The molecule has 0 radical (unpaired) electrons. The summed E-state index contributed by atoms with van der Waals surface area (Å²) in [5, 5.41) is 0. The Balaban J connectivity index is 2.24. The second-order valence-electron chi connectivity index (χ2n) is 4.56. The molecule has 1 aliphatic rings. The fourth-order valence-corrected chi connectivity index (χ4v) is 2.19. The minimum atomic E-state index is -0.411. The van der Waals surface area contributed by atoms with Crippen LogP contribution in [-0.2, 0) is 0 Å². The van der Waals surface area contributed by atoms with Gasteiger partial charge in [-0.2, -0.15) is 0 Å². The van der Waals surface area contributed by atoms with Crippen molar-refractivity contribution in [2.45, 2.75) is 13.3 Å². The quantitative estimate of drug-likeness (QED) is 0.786. The highest BCUT2D eigenvalue weighted by Crippen LogP contribution is 2.22. The first-order valence-electron chi connectivity index (χ1n) is 5.83. The molecule has 1 fully saturated rings. The molecule has 2 heterocycles. The number of primary amides is 1. The maximum atomic E-state index is 11.2. The van der Waals surface area contributed by atoms with Crippen LogP contribution in [0.15, 0.2) is 12.1 Å². The number of rotatable bonds is 3. The van der Waals surface area contributed by atoms with E-state index in [9.17, 15) is 4.79 Å². The van der Waals surface area contributed by atoms with Crippen LogP contribution in [0.3, 0.4) is 0 Å². The largest absolute Gasteiger partial charge is 0.366 e. The van der Waals surface area contributed by atoms with Crippen molar-refractivity contribution in [3.8, 4) is 0 Å². The van der Waals surface area contributed by atoms with Crippen LogP contribution in [0, 0.1) is 12.8 Å². The molecule has 0 saturated carbocycles. The molecule has 1 saturated heterocycles. The molecule has 5 heteroatoms. The number of hydrogen-bond donors (Lipinski definition) is 2. The second kappa shape index (κ2) is 4.71. The lowest BCUT2D eigenvalue weighted by Crippen LogP contribution is -2.24. The van der Waals surface area contributed by atoms with Gasteiger partial charge in [-0.3, -0.25) is 4.79 Å². The van der Waals surface area contributed by atoms with Crippen molar-refractivity contribution < 1.29 is 4.79 Å². The van der Waals surface area contributed by atoms with Crippen molar-refractivity contribution in [1.82, 2.24) is 4.98 Å². The molecule has 1 aliphatic heterocycles. The van der Waals surface area contributed by atoms with E-state index in [1.165, 1.54) is 0 Å². The van der Waals surface area contributed by atoms with Gasteiger partial charge in [-0.25, -0.2) is 4.98 Å². The molecule has 0 aliphatic carbocycles. The van der Waals surface area contributed by atoms with Crippen molar-refractivity contribution in [3.05, 3.63) is 23.4 Å². The van der Waals surface area contributed by atoms with Crippen LogP contribution >= 0.6 is 0 Å². The average Bonchev–Trinajstić information content (AvgIpc) is 2.76. The first-order valence-corrected chi connectivity index (χ1v) is 5.83. The van der Waals surface area contributed by atoms with Gasteiger partial charge in [0.05, 0.1) is 0 Å². The number of hydrogen-bond acceptors (Lipinski definition) is 4. The number of anilines is 1. The minimum absolute atomic E-state index is 0.411. The number of amides is 1. The Morgan fingerprint density at radius 1 is 1.59 bits per heavy atom. The van der Waals surface area contributed by atoms with Crippen LogP contribution in [0.2, 0.25) is 0 Å². The van der Waals surface area contributed by atoms with Crippen molar-refractivity contribution in [2.24, 2.45) is 17.4 Å². The summed E-state index contributed by atoms with van der Waals surface area (Å²) in [6.07, 6.45) is 1.08. The Hall–Kier alpha value is -1.62. The molecular weight excluding hydrogens is 216 g/mol. The predicted molar refractivity (Wildman–Crippen MR) is 66.9 cm³/mol. The second-order valence-corrected chi connectivity index (χ2v) is 4.56. The normalized spacial score (nSPS) is 19.6. The SMILES string of the molecule is Cc1cc(C(N)=O)cc(N2CCC(CN)C2)n1. The number of carbonyl (C=O) groups is 1. The summed E-state index contributed by atoms with van der Waals surface area (Å²) in [7, 11) is 0. The number of nitrogens with zero attached hydrogens (tertiary/aromatic N) is 2. The minimum Gasteiger partial charge on any atom is -0.366 e. The van der Waals surface area contributed by atoms with Crippen LogP contribution in [-0.4, -0.2) is 30.5 Å². The highest BCUT2D eigenvalue weighted by Gasteiger charge is 2.22. The summed E-state index contributed by atoms with van der Waals surface area (Å²) in [5.41, 5.74) is 12.3. The summed E-state index contributed by atoms with van der Waals surface area (Å²) in [5.74, 6) is 0.940. The lowest BCUT2D eigenvalue weighted by atomic mass is 10.1. The molecule has 1 atom stereocenters. The Kier molecular flexibility index (Phi) is 3.28. The molecule has 5 nitrogen and oxygen atoms in total. The van der Waals surface area contributed by atoms with Crippen LogP contribution in [0.1, 0.15) is 22.5 Å². The fourth-order valence-electron chi connectivity index (χ4n) is 2.19. The molecule has 4 N–H and O–H groups in total. The molecule has 92 valence electrons. The third-order valence-corrected chi connectivity index (χ3v) is 3.17.